The Labute approximate surface area is 142 Å². The van der Waals surface area contributed by atoms with Crippen LogP contribution in [0, 0.1) is 5.92 Å². The predicted molar refractivity (Wildman–Crippen MR) is 99.8 cm³/mol. The summed E-state index contributed by atoms with van der Waals surface area (Å²) in [6.07, 6.45) is 6.79. The Balaban J connectivity index is 2.27. The second kappa shape index (κ2) is 8.05. The zero-order valence-corrected chi connectivity index (χ0v) is 14.5. The number of benzene rings is 1. The molecule has 1 saturated carbocycles. The quantitative estimate of drug-likeness (QED) is 0.442. The van der Waals surface area contributed by atoms with Gasteiger partial charge < -0.3 is 4.74 Å². The molecule has 0 atom stereocenters. The first kappa shape index (κ1) is 17.4. The van der Waals surface area contributed by atoms with E-state index in [4.69, 9.17) is 4.74 Å². The van der Waals surface area contributed by atoms with Gasteiger partial charge in [0.05, 0.1) is 0 Å². The van der Waals surface area contributed by atoms with Crippen LogP contribution in [0.1, 0.15) is 44.2 Å². The summed E-state index contributed by atoms with van der Waals surface area (Å²) in [4.78, 5) is 11.7. The van der Waals surface area contributed by atoms with Crippen LogP contribution < -0.4 is 4.74 Å². The highest BCUT2D eigenvalue weighted by atomic mass is 32.2. The highest BCUT2D eigenvalue weighted by Crippen LogP contribution is 2.44. The Hall–Kier alpha value is -1.96. The fraction of sp³-hybridized carbons (Fsp3) is 0.300. The van der Waals surface area contributed by atoms with Gasteiger partial charge in [-0.05, 0) is 60.3 Å². The van der Waals surface area contributed by atoms with Crippen molar-refractivity contribution in [2.24, 2.45) is 5.92 Å². The van der Waals surface area contributed by atoms with Crippen molar-refractivity contribution in [2.45, 2.75) is 33.1 Å². The van der Waals surface area contributed by atoms with Crippen LogP contribution in [0.2, 0.25) is 0 Å². The summed E-state index contributed by atoms with van der Waals surface area (Å²) in [6.45, 7) is 12.2. The predicted octanol–water partition coefficient (Wildman–Crippen LogP) is 5.85. The summed E-state index contributed by atoms with van der Waals surface area (Å²) < 4.78 is 6.14. The minimum Gasteiger partial charge on any atom is -0.450 e. The molecule has 0 saturated heterocycles. The number of carbonyl (C=O) groups excluding carboxylic acids is 1. The lowest BCUT2D eigenvalue weighted by atomic mass is 10.1. The summed E-state index contributed by atoms with van der Waals surface area (Å²) in [5, 5.41) is 0.833. The molecule has 1 aliphatic carbocycles. The van der Waals surface area contributed by atoms with Gasteiger partial charge in [0.1, 0.15) is 11.7 Å². The third kappa shape index (κ3) is 5.02. The van der Waals surface area contributed by atoms with Crippen molar-refractivity contribution in [3.8, 4) is 5.75 Å². The molecule has 3 heteroatoms. The zero-order valence-electron chi connectivity index (χ0n) is 13.7. The fourth-order valence-electron chi connectivity index (χ4n) is 2.13. The number of allylic oxidation sites excluding steroid dienone is 3. The van der Waals surface area contributed by atoms with E-state index in [0.29, 0.717) is 11.7 Å². The maximum absolute atomic E-state index is 10.6. The fourth-order valence-corrected chi connectivity index (χ4v) is 3.17. The molecule has 23 heavy (non-hydrogen) atoms. The largest absolute Gasteiger partial charge is 0.450 e. The molecule has 0 bridgehead atoms. The molecule has 0 heterocycles. The number of hydrogen-bond acceptors (Lipinski definition) is 3. The summed E-state index contributed by atoms with van der Waals surface area (Å²) in [6, 6.07) is 5.63. The molecule has 0 unspecified atom stereocenters. The first-order valence-electron chi connectivity index (χ1n) is 7.80. The lowest BCUT2D eigenvalue weighted by molar-refractivity contribution is 0.462. The van der Waals surface area contributed by atoms with Gasteiger partial charge in [0.2, 0.25) is 0 Å². The van der Waals surface area contributed by atoms with Crippen molar-refractivity contribution in [1.29, 1.82) is 0 Å². The Kier molecular flexibility index (Phi) is 6.09. The summed E-state index contributed by atoms with van der Waals surface area (Å²) in [7, 11) is 0. The standard InChI is InChI=1S/C20H22O2S/c1-5-6-20(23-15(4)17-8-9-17)22-19-13-16(11-12-21)7-10-18(19)14(2)3/h6-7,10-11,13,17H,2,4-5,8-9H2,1,3H3/b20-6+. The van der Waals surface area contributed by atoms with Gasteiger partial charge in [-0.2, -0.15) is 0 Å². The molecule has 1 fully saturated rings. The molecule has 2 rings (SSSR count). The number of rotatable bonds is 8. The van der Waals surface area contributed by atoms with E-state index < -0.39 is 0 Å². The van der Waals surface area contributed by atoms with Gasteiger partial charge in [0, 0.05) is 11.6 Å². The highest BCUT2D eigenvalue weighted by molar-refractivity contribution is 8.06. The van der Waals surface area contributed by atoms with E-state index in [9.17, 15) is 4.79 Å². The van der Waals surface area contributed by atoms with E-state index in [1.54, 1.807) is 17.7 Å². The molecule has 1 aliphatic rings. The monoisotopic (exact) mass is 326 g/mol. The molecule has 2 nitrogen and oxygen atoms in total. The normalized spacial score (nSPS) is 14.1. The van der Waals surface area contributed by atoms with Crippen molar-refractivity contribution in [2.75, 3.05) is 0 Å². The molecule has 0 radical (unpaired) electrons. The first-order chi connectivity index (χ1) is 11.0. The van der Waals surface area contributed by atoms with Crippen LogP contribution in [0.4, 0.5) is 0 Å². The Bertz CT molecular complexity index is 690. The maximum atomic E-state index is 10.6. The first-order valence-corrected chi connectivity index (χ1v) is 8.62. The maximum Gasteiger partial charge on any atom is 0.161 e. The third-order valence-electron chi connectivity index (χ3n) is 3.54. The molecule has 0 amide bonds. The van der Waals surface area contributed by atoms with E-state index in [1.165, 1.54) is 18.9 Å². The van der Waals surface area contributed by atoms with Crippen molar-refractivity contribution in [1.82, 2.24) is 0 Å². The van der Waals surface area contributed by atoms with Gasteiger partial charge in [-0.25, -0.2) is 4.79 Å². The molecular formula is C20H22O2S. The van der Waals surface area contributed by atoms with E-state index in [-0.39, 0.29) is 0 Å². The smallest absolute Gasteiger partial charge is 0.161 e. The zero-order chi connectivity index (χ0) is 16.8. The molecule has 120 valence electrons. The van der Waals surface area contributed by atoms with Gasteiger partial charge in [-0.15, -0.1) is 0 Å². The van der Waals surface area contributed by atoms with Crippen LogP contribution in [-0.4, -0.2) is 5.94 Å². The number of ether oxygens (including phenoxy) is 1. The van der Waals surface area contributed by atoms with Crippen molar-refractivity contribution < 1.29 is 9.53 Å². The van der Waals surface area contributed by atoms with Crippen molar-refractivity contribution in [3.63, 3.8) is 0 Å². The van der Waals surface area contributed by atoms with Gasteiger partial charge in [-0.3, -0.25) is 0 Å². The lowest BCUT2D eigenvalue weighted by Gasteiger charge is -2.15. The molecule has 0 N–H and O–H groups in total. The molecule has 0 aliphatic heterocycles. The average molecular weight is 326 g/mol. The molecule has 1 aromatic carbocycles. The number of thioether (sulfide) groups is 1. The average Bonchev–Trinajstić information content (AvgIpc) is 3.32. The second-order valence-electron chi connectivity index (χ2n) is 5.67. The lowest BCUT2D eigenvalue weighted by Crippen LogP contribution is -1.97. The molecule has 1 aromatic rings. The van der Waals surface area contributed by atoms with Crippen LogP contribution in [-0.2, 0) is 4.79 Å². The molecule has 0 aromatic heterocycles. The van der Waals surface area contributed by atoms with Gasteiger partial charge in [0.25, 0.3) is 0 Å². The van der Waals surface area contributed by atoms with Crippen molar-refractivity contribution in [3.05, 3.63) is 58.6 Å². The van der Waals surface area contributed by atoms with Crippen LogP contribution in [0.3, 0.4) is 0 Å². The minimum atomic E-state index is 0.619. The number of hydrogen-bond donors (Lipinski definition) is 0. The minimum absolute atomic E-state index is 0.619. The van der Waals surface area contributed by atoms with E-state index >= 15 is 0 Å². The summed E-state index contributed by atoms with van der Waals surface area (Å²) in [5.74, 6) is 3.13. The van der Waals surface area contributed by atoms with Crippen LogP contribution >= 0.6 is 11.8 Å². The Morgan fingerprint density at radius 2 is 2.17 bits per heavy atom. The van der Waals surface area contributed by atoms with Crippen molar-refractivity contribution >= 4 is 29.4 Å². The van der Waals surface area contributed by atoms with E-state index in [0.717, 1.165) is 33.1 Å². The third-order valence-corrected chi connectivity index (χ3v) is 4.58. The van der Waals surface area contributed by atoms with Gasteiger partial charge >= 0.3 is 0 Å². The van der Waals surface area contributed by atoms with Crippen LogP contribution in [0.5, 0.6) is 5.75 Å². The van der Waals surface area contributed by atoms with Gasteiger partial charge in [0.15, 0.2) is 5.09 Å². The van der Waals surface area contributed by atoms with E-state index in [2.05, 4.69) is 26.2 Å². The summed E-state index contributed by atoms with van der Waals surface area (Å²) in [5.41, 5.74) is 2.62. The Morgan fingerprint density at radius 3 is 2.74 bits per heavy atom. The van der Waals surface area contributed by atoms with E-state index in [1.807, 2.05) is 25.1 Å². The topological polar surface area (TPSA) is 26.3 Å². The highest BCUT2D eigenvalue weighted by Gasteiger charge is 2.26. The second-order valence-corrected chi connectivity index (χ2v) is 6.81. The van der Waals surface area contributed by atoms with Gasteiger partial charge in [-0.1, -0.05) is 44.0 Å². The van der Waals surface area contributed by atoms with Crippen LogP contribution in [0.15, 0.2) is 47.4 Å². The molecular weight excluding hydrogens is 304 g/mol. The SMILES string of the molecule is C=C(C)c1ccc(C=C=O)cc1O/C(=C\CC)SC(=C)C1CC1. The van der Waals surface area contributed by atoms with Crippen LogP contribution in [0.25, 0.3) is 11.6 Å². The Morgan fingerprint density at radius 1 is 1.43 bits per heavy atom. The summed E-state index contributed by atoms with van der Waals surface area (Å²) >= 11 is 1.60. The molecule has 0 spiro atoms.